The van der Waals surface area contributed by atoms with Gasteiger partial charge in [-0.15, -0.1) is 0 Å². The predicted molar refractivity (Wildman–Crippen MR) is 91.6 cm³/mol. The molecular weight excluding hydrogens is 295 g/mol. The standard InChI is InChI=1S/C17H27FN4O/c1-3-21-9-11-22(12-10-21)16-6-5-14(13-15(16)18)17(23)20-8-4-7-19-2/h5-6,13,19H,3-4,7-12H2,1-2H3,(H,20,23). The van der Waals surface area contributed by atoms with Crippen molar-refractivity contribution in [3.63, 3.8) is 0 Å². The van der Waals surface area contributed by atoms with Crippen molar-refractivity contribution in [2.45, 2.75) is 13.3 Å². The molecule has 2 rings (SSSR count). The van der Waals surface area contributed by atoms with Gasteiger partial charge < -0.3 is 20.4 Å². The van der Waals surface area contributed by atoms with Crippen molar-refractivity contribution in [3.8, 4) is 0 Å². The van der Waals surface area contributed by atoms with Crippen LogP contribution in [0.15, 0.2) is 18.2 Å². The molecule has 1 aromatic carbocycles. The molecule has 0 aliphatic carbocycles. The Kier molecular flexibility index (Phi) is 6.80. The van der Waals surface area contributed by atoms with E-state index >= 15 is 0 Å². The fourth-order valence-corrected chi connectivity index (χ4v) is 2.78. The molecule has 0 saturated carbocycles. The van der Waals surface area contributed by atoms with E-state index in [1.165, 1.54) is 6.07 Å². The molecule has 23 heavy (non-hydrogen) atoms. The zero-order chi connectivity index (χ0) is 16.7. The van der Waals surface area contributed by atoms with Gasteiger partial charge in [-0.3, -0.25) is 4.79 Å². The third-order valence-corrected chi connectivity index (χ3v) is 4.26. The highest BCUT2D eigenvalue weighted by Gasteiger charge is 2.19. The number of anilines is 1. The first-order chi connectivity index (χ1) is 11.2. The maximum absolute atomic E-state index is 14.4. The number of amides is 1. The minimum absolute atomic E-state index is 0.220. The molecule has 1 fully saturated rings. The fraction of sp³-hybridized carbons (Fsp3) is 0.588. The maximum Gasteiger partial charge on any atom is 0.251 e. The minimum atomic E-state index is -0.321. The summed E-state index contributed by atoms with van der Waals surface area (Å²) in [6.45, 7) is 8.14. The van der Waals surface area contributed by atoms with Crippen molar-refractivity contribution in [2.75, 3.05) is 57.8 Å². The van der Waals surface area contributed by atoms with Gasteiger partial charge in [-0.2, -0.15) is 0 Å². The van der Waals surface area contributed by atoms with Crippen molar-refractivity contribution in [1.29, 1.82) is 0 Å². The van der Waals surface area contributed by atoms with Gasteiger partial charge in [-0.25, -0.2) is 4.39 Å². The summed E-state index contributed by atoms with van der Waals surface area (Å²) in [6.07, 6.45) is 0.852. The monoisotopic (exact) mass is 322 g/mol. The van der Waals surface area contributed by atoms with E-state index in [0.717, 1.165) is 45.7 Å². The molecule has 0 bridgehead atoms. The van der Waals surface area contributed by atoms with Crippen LogP contribution in [0, 0.1) is 5.82 Å². The van der Waals surface area contributed by atoms with Gasteiger partial charge in [0.05, 0.1) is 5.69 Å². The lowest BCUT2D eigenvalue weighted by atomic mass is 10.1. The largest absolute Gasteiger partial charge is 0.367 e. The first kappa shape index (κ1) is 17.7. The van der Waals surface area contributed by atoms with E-state index in [2.05, 4.69) is 27.4 Å². The van der Waals surface area contributed by atoms with E-state index in [0.29, 0.717) is 17.8 Å². The van der Waals surface area contributed by atoms with E-state index in [4.69, 9.17) is 0 Å². The highest BCUT2D eigenvalue weighted by Crippen LogP contribution is 2.22. The summed E-state index contributed by atoms with van der Waals surface area (Å²) in [4.78, 5) is 16.4. The lowest BCUT2D eigenvalue weighted by Crippen LogP contribution is -2.46. The first-order valence-electron chi connectivity index (χ1n) is 8.35. The average Bonchev–Trinajstić information content (AvgIpc) is 2.58. The van der Waals surface area contributed by atoms with Crippen LogP contribution >= 0.6 is 0 Å². The fourth-order valence-electron chi connectivity index (χ4n) is 2.78. The Morgan fingerprint density at radius 1 is 1.22 bits per heavy atom. The topological polar surface area (TPSA) is 47.6 Å². The molecule has 1 amide bonds. The number of likely N-dealkylation sites (N-methyl/N-ethyl adjacent to an activating group) is 1. The Morgan fingerprint density at radius 3 is 2.57 bits per heavy atom. The quantitative estimate of drug-likeness (QED) is 0.743. The SMILES string of the molecule is CCN1CCN(c2ccc(C(=O)NCCCNC)cc2F)CC1. The normalized spacial score (nSPS) is 15.7. The first-order valence-corrected chi connectivity index (χ1v) is 8.35. The average molecular weight is 322 g/mol. The number of halogens is 1. The Labute approximate surface area is 137 Å². The van der Waals surface area contributed by atoms with Crippen molar-refractivity contribution >= 4 is 11.6 Å². The second kappa shape index (κ2) is 8.84. The molecule has 1 heterocycles. The summed E-state index contributed by atoms with van der Waals surface area (Å²) in [5.74, 6) is -0.542. The Morgan fingerprint density at radius 2 is 1.96 bits per heavy atom. The van der Waals surface area contributed by atoms with E-state index < -0.39 is 0 Å². The number of hydrogen-bond donors (Lipinski definition) is 2. The zero-order valence-electron chi connectivity index (χ0n) is 14.1. The van der Waals surface area contributed by atoms with Gasteiger partial charge >= 0.3 is 0 Å². The smallest absolute Gasteiger partial charge is 0.251 e. The molecular formula is C17H27FN4O. The van der Waals surface area contributed by atoms with Gasteiger partial charge in [0, 0.05) is 38.3 Å². The molecule has 128 valence electrons. The number of benzene rings is 1. The van der Waals surface area contributed by atoms with E-state index in [9.17, 15) is 9.18 Å². The van der Waals surface area contributed by atoms with Crippen LogP contribution in [0.1, 0.15) is 23.7 Å². The highest BCUT2D eigenvalue weighted by molar-refractivity contribution is 5.94. The lowest BCUT2D eigenvalue weighted by Gasteiger charge is -2.35. The van der Waals surface area contributed by atoms with Crippen molar-refractivity contribution in [1.82, 2.24) is 15.5 Å². The van der Waals surface area contributed by atoms with Gasteiger partial charge in [0.25, 0.3) is 5.91 Å². The zero-order valence-corrected chi connectivity index (χ0v) is 14.1. The molecule has 1 aliphatic rings. The van der Waals surface area contributed by atoms with Crippen LogP contribution in [0.3, 0.4) is 0 Å². The molecule has 0 atom stereocenters. The van der Waals surface area contributed by atoms with Crippen LogP contribution in [0.5, 0.6) is 0 Å². The summed E-state index contributed by atoms with van der Waals surface area (Å²) in [5.41, 5.74) is 0.968. The maximum atomic E-state index is 14.4. The molecule has 2 N–H and O–H groups in total. The molecule has 6 heteroatoms. The van der Waals surface area contributed by atoms with E-state index in [-0.39, 0.29) is 11.7 Å². The molecule has 5 nitrogen and oxygen atoms in total. The van der Waals surface area contributed by atoms with Crippen molar-refractivity contribution < 1.29 is 9.18 Å². The Bertz CT molecular complexity index is 515. The molecule has 0 spiro atoms. The highest BCUT2D eigenvalue weighted by atomic mass is 19.1. The molecule has 1 aromatic rings. The Balaban J connectivity index is 1.94. The summed E-state index contributed by atoms with van der Waals surface area (Å²) in [7, 11) is 1.87. The van der Waals surface area contributed by atoms with Crippen molar-refractivity contribution in [3.05, 3.63) is 29.6 Å². The molecule has 1 saturated heterocycles. The number of rotatable bonds is 7. The van der Waals surface area contributed by atoms with E-state index in [1.54, 1.807) is 12.1 Å². The van der Waals surface area contributed by atoms with Gasteiger partial charge in [-0.05, 0) is 44.8 Å². The Hall–Kier alpha value is -1.66. The van der Waals surface area contributed by atoms with E-state index in [1.807, 2.05) is 7.05 Å². The van der Waals surface area contributed by atoms with Crippen LogP contribution in [0.2, 0.25) is 0 Å². The van der Waals surface area contributed by atoms with Crippen LogP contribution in [0.4, 0.5) is 10.1 Å². The number of carbonyl (C=O) groups is 1. The molecule has 0 radical (unpaired) electrons. The third-order valence-electron chi connectivity index (χ3n) is 4.26. The number of carbonyl (C=O) groups excluding carboxylic acids is 1. The van der Waals surface area contributed by atoms with Crippen LogP contribution < -0.4 is 15.5 Å². The van der Waals surface area contributed by atoms with Gasteiger partial charge in [-0.1, -0.05) is 6.92 Å². The van der Waals surface area contributed by atoms with Gasteiger partial charge in [0.2, 0.25) is 0 Å². The number of piperazine rings is 1. The summed E-state index contributed by atoms with van der Waals surface area (Å²) in [5, 5.41) is 5.83. The summed E-state index contributed by atoms with van der Waals surface area (Å²) >= 11 is 0. The summed E-state index contributed by atoms with van der Waals surface area (Å²) in [6, 6.07) is 4.77. The van der Waals surface area contributed by atoms with Crippen LogP contribution in [-0.4, -0.2) is 63.7 Å². The lowest BCUT2D eigenvalue weighted by molar-refractivity contribution is 0.0953. The minimum Gasteiger partial charge on any atom is -0.367 e. The van der Waals surface area contributed by atoms with Crippen LogP contribution in [0.25, 0.3) is 0 Å². The molecule has 0 aromatic heterocycles. The van der Waals surface area contributed by atoms with Crippen molar-refractivity contribution in [2.24, 2.45) is 0 Å². The third kappa shape index (κ3) is 4.91. The second-order valence-electron chi connectivity index (χ2n) is 5.80. The second-order valence-corrected chi connectivity index (χ2v) is 5.80. The number of nitrogens with one attached hydrogen (secondary N) is 2. The van der Waals surface area contributed by atoms with Gasteiger partial charge in [0.15, 0.2) is 0 Å². The van der Waals surface area contributed by atoms with Crippen LogP contribution in [-0.2, 0) is 0 Å². The number of nitrogens with zero attached hydrogens (tertiary/aromatic N) is 2. The number of hydrogen-bond acceptors (Lipinski definition) is 4. The molecule has 0 unspecified atom stereocenters. The van der Waals surface area contributed by atoms with Gasteiger partial charge in [0.1, 0.15) is 5.82 Å². The predicted octanol–water partition coefficient (Wildman–Crippen LogP) is 1.31. The molecule has 1 aliphatic heterocycles. The summed E-state index contributed by atoms with van der Waals surface area (Å²) < 4.78 is 14.4.